The van der Waals surface area contributed by atoms with Crippen molar-refractivity contribution in [3.63, 3.8) is 0 Å². The van der Waals surface area contributed by atoms with Crippen LogP contribution in [0.4, 0.5) is 4.39 Å². The molecule has 0 bridgehead atoms. The van der Waals surface area contributed by atoms with Crippen molar-refractivity contribution in [1.29, 1.82) is 0 Å². The van der Waals surface area contributed by atoms with Gasteiger partial charge in [-0.1, -0.05) is 32.9 Å². The van der Waals surface area contributed by atoms with Crippen LogP contribution in [0, 0.1) is 5.82 Å². The van der Waals surface area contributed by atoms with Crippen LogP contribution >= 0.6 is 0 Å². The van der Waals surface area contributed by atoms with Gasteiger partial charge < -0.3 is 9.88 Å². The van der Waals surface area contributed by atoms with E-state index in [-0.39, 0.29) is 5.82 Å². The van der Waals surface area contributed by atoms with Crippen LogP contribution in [0.3, 0.4) is 0 Å². The molecular formula is C16H22FN3. The minimum absolute atomic E-state index is 0.179. The first kappa shape index (κ1) is 14.7. The topological polar surface area (TPSA) is 29.9 Å². The molecule has 0 aliphatic heterocycles. The number of nitrogens with zero attached hydrogens (tertiary/aromatic N) is 2. The van der Waals surface area contributed by atoms with Crippen molar-refractivity contribution in [3.05, 3.63) is 42.0 Å². The van der Waals surface area contributed by atoms with Crippen molar-refractivity contribution >= 4 is 0 Å². The Morgan fingerprint density at radius 3 is 2.80 bits per heavy atom. The number of halogens is 1. The maximum Gasteiger partial charge on any atom is 0.139 e. The minimum Gasteiger partial charge on any atom is -0.331 e. The van der Waals surface area contributed by atoms with Crippen molar-refractivity contribution in [2.24, 2.45) is 0 Å². The number of hydrogen-bond acceptors (Lipinski definition) is 2. The Kier molecular flexibility index (Phi) is 4.90. The quantitative estimate of drug-likeness (QED) is 0.873. The van der Waals surface area contributed by atoms with E-state index in [2.05, 4.69) is 21.8 Å². The second-order valence-corrected chi connectivity index (χ2v) is 5.29. The Morgan fingerprint density at radius 2 is 2.15 bits per heavy atom. The summed E-state index contributed by atoms with van der Waals surface area (Å²) in [5, 5.41) is 3.23. The number of aryl methyl sites for hydroxylation is 1. The molecule has 108 valence electrons. The molecule has 1 aromatic carbocycles. The van der Waals surface area contributed by atoms with Crippen LogP contribution < -0.4 is 5.32 Å². The molecule has 2 aromatic rings. The van der Waals surface area contributed by atoms with Crippen LogP contribution in [-0.4, -0.2) is 15.6 Å². The maximum absolute atomic E-state index is 14.1. The van der Waals surface area contributed by atoms with Crippen LogP contribution in [-0.2, 0) is 13.1 Å². The second-order valence-electron chi connectivity index (χ2n) is 5.29. The van der Waals surface area contributed by atoms with Gasteiger partial charge in [-0.3, -0.25) is 0 Å². The van der Waals surface area contributed by atoms with E-state index in [0.29, 0.717) is 18.2 Å². The van der Waals surface area contributed by atoms with E-state index in [9.17, 15) is 4.39 Å². The summed E-state index contributed by atoms with van der Waals surface area (Å²) in [5.74, 6) is 0.649. The standard InChI is InChI=1S/C16H22FN3/c1-4-8-20-9-7-18-16(20)13-5-6-14(15(17)10-13)11-19-12(2)3/h5-7,9-10,12,19H,4,8,11H2,1-3H3. The Bertz CT molecular complexity index is 561. The lowest BCUT2D eigenvalue weighted by molar-refractivity contribution is 0.553. The van der Waals surface area contributed by atoms with E-state index in [0.717, 1.165) is 24.4 Å². The second kappa shape index (κ2) is 6.66. The first-order chi connectivity index (χ1) is 9.61. The molecule has 20 heavy (non-hydrogen) atoms. The third-order valence-corrected chi connectivity index (χ3v) is 3.19. The van der Waals surface area contributed by atoms with Crippen LogP contribution in [0.2, 0.25) is 0 Å². The van der Waals surface area contributed by atoms with Crippen LogP contribution in [0.5, 0.6) is 0 Å². The summed E-state index contributed by atoms with van der Waals surface area (Å²) in [6.07, 6.45) is 4.73. The summed E-state index contributed by atoms with van der Waals surface area (Å²) in [6.45, 7) is 7.66. The molecule has 3 nitrogen and oxygen atoms in total. The highest BCUT2D eigenvalue weighted by Gasteiger charge is 2.09. The number of benzene rings is 1. The molecule has 4 heteroatoms. The predicted molar refractivity (Wildman–Crippen MR) is 79.9 cm³/mol. The molecule has 0 aliphatic rings. The zero-order valence-electron chi connectivity index (χ0n) is 12.4. The molecule has 0 saturated carbocycles. The normalized spacial score (nSPS) is 11.2. The van der Waals surface area contributed by atoms with Gasteiger partial charge in [0, 0.05) is 42.7 Å². The minimum atomic E-state index is -0.179. The largest absolute Gasteiger partial charge is 0.331 e. The van der Waals surface area contributed by atoms with Gasteiger partial charge in [0.25, 0.3) is 0 Å². The van der Waals surface area contributed by atoms with E-state index in [1.54, 1.807) is 12.3 Å². The fourth-order valence-corrected chi connectivity index (χ4v) is 2.13. The highest BCUT2D eigenvalue weighted by atomic mass is 19.1. The van der Waals surface area contributed by atoms with Gasteiger partial charge in [-0.25, -0.2) is 9.37 Å². The molecule has 0 radical (unpaired) electrons. The fourth-order valence-electron chi connectivity index (χ4n) is 2.13. The number of aromatic nitrogens is 2. The van der Waals surface area contributed by atoms with E-state index in [1.165, 1.54) is 0 Å². The van der Waals surface area contributed by atoms with E-state index < -0.39 is 0 Å². The third-order valence-electron chi connectivity index (χ3n) is 3.19. The molecule has 0 spiro atoms. The van der Waals surface area contributed by atoms with Gasteiger partial charge in [0.1, 0.15) is 11.6 Å². The molecule has 0 unspecified atom stereocenters. The first-order valence-corrected chi connectivity index (χ1v) is 7.15. The number of hydrogen-bond donors (Lipinski definition) is 1. The summed E-state index contributed by atoms with van der Waals surface area (Å²) < 4.78 is 16.2. The smallest absolute Gasteiger partial charge is 0.139 e. The Hall–Kier alpha value is -1.68. The van der Waals surface area contributed by atoms with Gasteiger partial charge in [0.15, 0.2) is 0 Å². The molecule has 1 heterocycles. The SMILES string of the molecule is CCCn1ccnc1-c1ccc(CNC(C)C)c(F)c1. The number of rotatable bonds is 6. The van der Waals surface area contributed by atoms with Gasteiger partial charge in [-0.05, 0) is 12.5 Å². The molecule has 0 atom stereocenters. The summed E-state index contributed by atoms with van der Waals surface area (Å²) in [7, 11) is 0. The number of imidazole rings is 1. The Morgan fingerprint density at radius 1 is 1.35 bits per heavy atom. The van der Waals surface area contributed by atoms with Crippen LogP contribution in [0.15, 0.2) is 30.6 Å². The molecular weight excluding hydrogens is 253 g/mol. The van der Waals surface area contributed by atoms with Gasteiger partial charge in [-0.2, -0.15) is 0 Å². The number of nitrogens with one attached hydrogen (secondary N) is 1. The fraction of sp³-hybridized carbons (Fsp3) is 0.438. The maximum atomic E-state index is 14.1. The zero-order valence-corrected chi connectivity index (χ0v) is 12.4. The van der Waals surface area contributed by atoms with Crippen LogP contribution in [0.1, 0.15) is 32.8 Å². The molecule has 1 aromatic heterocycles. The van der Waals surface area contributed by atoms with E-state index in [4.69, 9.17) is 0 Å². The molecule has 1 N–H and O–H groups in total. The average Bonchev–Trinajstić information content (AvgIpc) is 2.86. The average molecular weight is 275 g/mol. The summed E-state index contributed by atoms with van der Waals surface area (Å²) in [5.41, 5.74) is 1.52. The zero-order chi connectivity index (χ0) is 14.5. The van der Waals surface area contributed by atoms with Crippen LogP contribution in [0.25, 0.3) is 11.4 Å². The predicted octanol–water partition coefficient (Wildman–Crippen LogP) is 3.60. The van der Waals surface area contributed by atoms with Gasteiger partial charge >= 0.3 is 0 Å². The van der Waals surface area contributed by atoms with Gasteiger partial charge in [-0.15, -0.1) is 0 Å². The lowest BCUT2D eigenvalue weighted by atomic mass is 10.1. The summed E-state index contributed by atoms with van der Waals surface area (Å²) in [6, 6.07) is 5.70. The van der Waals surface area contributed by atoms with Gasteiger partial charge in [0.05, 0.1) is 0 Å². The molecule has 0 fully saturated rings. The van der Waals surface area contributed by atoms with E-state index in [1.807, 2.05) is 32.2 Å². The van der Waals surface area contributed by atoms with Crippen molar-refractivity contribution in [1.82, 2.24) is 14.9 Å². The highest BCUT2D eigenvalue weighted by molar-refractivity contribution is 5.56. The molecule has 2 rings (SSSR count). The Labute approximate surface area is 119 Å². The molecule has 0 aliphatic carbocycles. The van der Waals surface area contributed by atoms with Crippen molar-refractivity contribution in [2.45, 2.75) is 46.3 Å². The third kappa shape index (κ3) is 3.45. The molecule has 0 saturated heterocycles. The summed E-state index contributed by atoms with van der Waals surface area (Å²) in [4.78, 5) is 4.33. The molecule has 0 amide bonds. The first-order valence-electron chi connectivity index (χ1n) is 7.15. The van der Waals surface area contributed by atoms with Gasteiger partial charge in [0.2, 0.25) is 0 Å². The lowest BCUT2D eigenvalue weighted by Gasteiger charge is -2.11. The van der Waals surface area contributed by atoms with E-state index >= 15 is 0 Å². The Balaban J connectivity index is 2.22. The van der Waals surface area contributed by atoms with Crippen molar-refractivity contribution < 1.29 is 4.39 Å². The van der Waals surface area contributed by atoms with Crippen molar-refractivity contribution in [2.75, 3.05) is 0 Å². The summed E-state index contributed by atoms with van der Waals surface area (Å²) >= 11 is 0. The lowest BCUT2D eigenvalue weighted by Crippen LogP contribution is -2.22. The van der Waals surface area contributed by atoms with Crippen molar-refractivity contribution in [3.8, 4) is 11.4 Å². The highest BCUT2D eigenvalue weighted by Crippen LogP contribution is 2.21. The monoisotopic (exact) mass is 275 g/mol.